The molecule has 2 aromatic carbocycles. The highest BCUT2D eigenvalue weighted by molar-refractivity contribution is 7.99. The molecule has 2 N–H and O–H groups in total. The van der Waals surface area contributed by atoms with E-state index in [0.29, 0.717) is 0 Å². The average molecular weight is 335 g/mol. The molecule has 22 heavy (non-hydrogen) atoms. The van der Waals surface area contributed by atoms with E-state index in [-0.39, 0.29) is 5.82 Å². The lowest BCUT2D eigenvalue weighted by atomic mass is 10.1. The first kappa shape index (κ1) is 15.4. The van der Waals surface area contributed by atoms with Crippen molar-refractivity contribution in [3.63, 3.8) is 0 Å². The molecule has 0 unspecified atom stereocenters. The Morgan fingerprint density at radius 3 is 2.86 bits per heavy atom. The molecule has 2 nitrogen and oxygen atoms in total. The maximum atomic E-state index is 13.3. The fourth-order valence-corrected chi connectivity index (χ4v) is 3.64. The number of halogens is 2. The maximum absolute atomic E-state index is 13.3. The second kappa shape index (κ2) is 6.73. The highest BCUT2D eigenvalue weighted by Crippen LogP contribution is 2.36. The molecule has 0 fully saturated rings. The minimum Gasteiger partial charge on any atom is -0.360 e. The molecular formula is C17H16ClFN2S. The number of likely N-dealkylation sites (N-methyl/N-ethyl adjacent to an activating group) is 1. The van der Waals surface area contributed by atoms with Gasteiger partial charge in [0.15, 0.2) is 0 Å². The van der Waals surface area contributed by atoms with Gasteiger partial charge < -0.3 is 10.3 Å². The summed E-state index contributed by atoms with van der Waals surface area (Å²) in [5, 5.41) is 4.93. The van der Waals surface area contributed by atoms with Gasteiger partial charge in [-0.25, -0.2) is 4.39 Å². The van der Waals surface area contributed by atoms with E-state index < -0.39 is 0 Å². The van der Waals surface area contributed by atoms with Crippen molar-refractivity contribution in [1.29, 1.82) is 0 Å². The number of aromatic amines is 1. The van der Waals surface area contributed by atoms with E-state index in [2.05, 4.69) is 10.3 Å². The molecule has 1 heterocycles. The third-order valence-electron chi connectivity index (χ3n) is 3.49. The van der Waals surface area contributed by atoms with E-state index >= 15 is 0 Å². The fourth-order valence-electron chi connectivity index (χ4n) is 2.38. The van der Waals surface area contributed by atoms with Crippen LogP contribution in [-0.2, 0) is 6.42 Å². The Kier molecular flexibility index (Phi) is 4.71. The molecule has 3 rings (SSSR count). The van der Waals surface area contributed by atoms with Crippen LogP contribution in [-0.4, -0.2) is 18.6 Å². The van der Waals surface area contributed by atoms with Crippen LogP contribution in [0.2, 0.25) is 5.02 Å². The Hall–Kier alpha value is -1.49. The Morgan fingerprint density at radius 2 is 2.05 bits per heavy atom. The summed E-state index contributed by atoms with van der Waals surface area (Å²) in [6, 6.07) is 10.8. The van der Waals surface area contributed by atoms with E-state index in [1.807, 2.05) is 37.5 Å². The van der Waals surface area contributed by atoms with Gasteiger partial charge in [0.1, 0.15) is 5.82 Å². The van der Waals surface area contributed by atoms with Gasteiger partial charge in [-0.05, 0) is 62.0 Å². The molecule has 1 aromatic heterocycles. The largest absolute Gasteiger partial charge is 0.360 e. The Labute approximate surface area is 138 Å². The van der Waals surface area contributed by atoms with E-state index in [1.54, 1.807) is 11.8 Å². The average Bonchev–Trinajstić information content (AvgIpc) is 2.89. The number of hydrogen-bond acceptors (Lipinski definition) is 2. The number of hydrogen-bond donors (Lipinski definition) is 2. The van der Waals surface area contributed by atoms with E-state index in [9.17, 15) is 4.39 Å². The lowest BCUT2D eigenvalue weighted by Crippen LogP contribution is -2.10. The second-order valence-corrected chi connectivity index (χ2v) is 6.57. The van der Waals surface area contributed by atoms with Gasteiger partial charge in [-0.3, -0.25) is 0 Å². The molecular weight excluding hydrogens is 319 g/mol. The third kappa shape index (κ3) is 3.29. The quantitative estimate of drug-likeness (QED) is 0.696. The first-order valence-electron chi connectivity index (χ1n) is 7.05. The molecule has 0 saturated carbocycles. The van der Waals surface area contributed by atoms with Crippen LogP contribution >= 0.6 is 23.4 Å². The van der Waals surface area contributed by atoms with Crippen molar-refractivity contribution < 1.29 is 4.39 Å². The number of rotatable bonds is 5. The van der Waals surface area contributed by atoms with Crippen LogP contribution in [0.15, 0.2) is 52.4 Å². The molecule has 0 aliphatic heterocycles. The van der Waals surface area contributed by atoms with Crippen LogP contribution < -0.4 is 5.32 Å². The lowest BCUT2D eigenvalue weighted by molar-refractivity contribution is 0.629. The SMILES string of the molecule is CNCCc1cc(Cl)ccc1Sc1c[nH]c2cc(F)ccc12. The molecule has 0 radical (unpaired) electrons. The molecule has 0 aliphatic rings. The van der Waals surface area contributed by atoms with Crippen LogP contribution in [0.3, 0.4) is 0 Å². The van der Waals surface area contributed by atoms with Crippen LogP contribution in [0.1, 0.15) is 5.56 Å². The van der Waals surface area contributed by atoms with Gasteiger partial charge in [-0.15, -0.1) is 0 Å². The topological polar surface area (TPSA) is 27.8 Å². The van der Waals surface area contributed by atoms with E-state index in [4.69, 9.17) is 11.6 Å². The highest BCUT2D eigenvalue weighted by Gasteiger charge is 2.10. The third-order valence-corrected chi connectivity index (χ3v) is 4.90. The van der Waals surface area contributed by atoms with E-state index in [1.165, 1.54) is 22.6 Å². The first-order valence-corrected chi connectivity index (χ1v) is 8.24. The summed E-state index contributed by atoms with van der Waals surface area (Å²) < 4.78 is 13.3. The summed E-state index contributed by atoms with van der Waals surface area (Å²) in [5.74, 6) is -0.230. The van der Waals surface area contributed by atoms with Crippen molar-refractivity contribution in [3.8, 4) is 0 Å². The minimum atomic E-state index is -0.230. The van der Waals surface area contributed by atoms with Crippen LogP contribution in [0.4, 0.5) is 4.39 Å². The summed E-state index contributed by atoms with van der Waals surface area (Å²) in [7, 11) is 1.94. The standard InChI is InChI=1S/C17H16ClFN2S/c1-20-7-6-11-8-12(18)2-5-16(11)22-17-10-21-15-9-13(19)3-4-14(15)17/h2-5,8-10,20-21H,6-7H2,1H3. The first-order chi connectivity index (χ1) is 10.7. The number of aromatic nitrogens is 1. The van der Waals surface area contributed by atoms with Crippen molar-refractivity contribution in [2.45, 2.75) is 16.2 Å². The van der Waals surface area contributed by atoms with Crippen LogP contribution in [0, 0.1) is 5.82 Å². The smallest absolute Gasteiger partial charge is 0.125 e. The summed E-state index contributed by atoms with van der Waals surface area (Å²) in [4.78, 5) is 5.38. The Morgan fingerprint density at radius 1 is 1.18 bits per heavy atom. The molecule has 0 amide bonds. The summed E-state index contributed by atoms with van der Waals surface area (Å²) in [5.41, 5.74) is 2.02. The summed E-state index contributed by atoms with van der Waals surface area (Å²) in [6.45, 7) is 0.896. The highest BCUT2D eigenvalue weighted by atomic mass is 35.5. The predicted octanol–water partition coefficient (Wildman–Crippen LogP) is 4.87. The van der Waals surface area contributed by atoms with Gasteiger partial charge in [0.05, 0.1) is 0 Å². The van der Waals surface area contributed by atoms with Gasteiger partial charge in [-0.1, -0.05) is 23.4 Å². The number of H-pyrrole nitrogens is 1. The zero-order valence-electron chi connectivity index (χ0n) is 12.1. The Bertz CT molecular complexity index is 800. The monoisotopic (exact) mass is 334 g/mol. The predicted molar refractivity (Wildman–Crippen MR) is 91.5 cm³/mol. The Balaban J connectivity index is 1.94. The number of fused-ring (bicyclic) bond motifs is 1. The van der Waals surface area contributed by atoms with Crippen molar-refractivity contribution in [2.75, 3.05) is 13.6 Å². The van der Waals surface area contributed by atoms with Crippen molar-refractivity contribution in [3.05, 3.63) is 59.0 Å². The minimum absolute atomic E-state index is 0.230. The van der Waals surface area contributed by atoms with Gasteiger partial charge in [-0.2, -0.15) is 0 Å². The molecule has 0 atom stereocenters. The lowest BCUT2D eigenvalue weighted by Gasteiger charge is -2.09. The van der Waals surface area contributed by atoms with Gasteiger partial charge >= 0.3 is 0 Å². The molecule has 0 spiro atoms. The van der Waals surface area contributed by atoms with Gasteiger partial charge in [0.2, 0.25) is 0 Å². The molecule has 0 aliphatic carbocycles. The fraction of sp³-hybridized carbons (Fsp3) is 0.176. The molecule has 114 valence electrons. The maximum Gasteiger partial charge on any atom is 0.125 e. The molecule has 0 saturated heterocycles. The molecule has 5 heteroatoms. The van der Waals surface area contributed by atoms with Gasteiger partial charge in [0.25, 0.3) is 0 Å². The summed E-state index contributed by atoms with van der Waals surface area (Å²) >= 11 is 7.79. The van der Waals surface area contributed by atoms with Gasteiger partial charge in [0, 0.05) is 31.9 Å². The zero-order valence-corrected chi connectivity index (χ0v) is 13.7. The second-order valence-electron chi connectivity index (χ2n) is 5.05. The number of benzene rings is 2. The number of nitrogens with one attached hydrogen (secondary N) is 2. The van der Waals surface area contributed by atoms with E-state index in [0.717, 1.165) is 33.8 Å². The molecule has 0 bridgehead atoms. The summed E-state index contributed by atoms with van der Waals surface area (Å²) in [6.07, 6.45) is 2.83. The normalized spacial score (nSPS) is 11.2. The van der Waals surface area contributed by atoms with Crippen molar-refractivity contribution >= 4 is 34.3 Å². The van der Waals surface area contributed by atoms with Crippen LogP contribution in [0.5, 0.6) is 0 Å². The molecule has 3 aromatic rings. The zero-order chi connectivity index (χ0) is 15.5. The van der Waals surface area contributed by atoms with Crippen molar-refractivity contribution in [2.24, 2.45) is 0 Å². The van der Waals surface area contributed by atoms with Crippen molar-refractivity contribution in [1.82, 2.24) is 10.3 Å². The van der Waals surface area contributed by atoms with Crippen LogP contribution in [0.25, 0.3) is 10.9 Å².